The van der Waals surface area contributed by atoms with Crippen LogP contribution in [-0.2, 0) is 0 Å². The molecule has 1 fully saturated rings. The quantitative estimate of drug-likeness (QED) is 0.724. The molecule has 3 aromatic rings. The zero-order valence-corrected chi connectivity index (χ0v) is 12.0. The van der Waals surface area contributed by atoms with Crippen molar-refractivity contribution in [2.75, 3.05) is 18.0 Å². The fraction of sp³-hybridized carbons (Fsp3) is 0.267. The second-order valence-electron chi connectivity index (χ2n) is 5.18. The highest BCUT2D eigenvalue weighted by Crippen LogP contribution is 2.36. The number of hydrogen-bond acceptors (Lipinski definition) is 5. The van der Waals surface area contributed by atoms with E-state index in [0.29, 0.717) is 5.92 Å². The predicted molar refractivity (Wildman–Crippen MR) is 81.3 cm³/mol. The number of anilines is 1. The van der Waals surface area contributed by atoms with Crippen LogP contribution in [0.1, 0.15) is 17.0 Å². The van der Waals surface area contributed by atoms with Crippen molar-refractivity contribution in [2.24, 2.45) is 0 Å². The van der Waals surface area contributed by atoms with E-state index < -0.39 is 0 Å². The lowest BCUT2D eigenvalue weighted by Crippen LogP contribution is -2.45. The SMILES string of the molecule is Cc1csc2c(N3CC(c4cccnc4)C3)ncnc12. The van der Waals surface area contributed by atoms with E-state index in [0.717, 1.165) is 24.4 Å². The van der Waals surface area contributed by atoms with Crippen LogP contribution >= 0.6 is 11.3 Å². The fourth-order valence-electron chi connectivity index (χ4n) is 2.66. The van der Waals surface area contributed by atoms with Crippen LogP contribution in [0.25, 0.3) is 10.2 Å². The molecule has 20 heavy (non-hydrogen) atoms. The van der Waals surface area contributed by atoms with Crippen molar-refractivity contribution in [1.29, 1.82) is 0 Å². The van der Waals surface area contributed by atoms with Crippen LogP contribution in [0.3, 0.4) is 0 Å². The fourth-order valence-corrected chi connectivity index (χ4v) is 3.68. The van der Waals surface area contributed by atoms with Gasteiger partial charge in [-0.2, -0.15) is 0 Å². The molecule has 1 saturated heterocycles. The lowest BCUT2D eigenvalue weighted by atomic mass is 9.93. The van der Waals surface area contributed by atoms with E-state index in [1.807, 2.05) is 18.5 Å². The number of nitrogens with zero attached hydrogens (tertiary/aromatic N) is 4. The molecule has 0 saturated carbocycles. The van der Waals surface area contributed by atoms with E-state index in [2.05, 4.69) is 38.2 Å². The Kier molecular flexibility index (Phi) is 2.67. The first kappa shape index (κ1) is 11.8. The van der Waals surface area contributed by atoms with Gasteiger partial charge in [0, 0.05) is 31.4 Å². The Bertz CT molecular complexity index is 747. The van der Waals surface area contributed by atoms with Crippen molar-refractivity contribution in [1.82, 2.24) is 15.0 Å². The van der Waals surface area contributed by atoms with Gasteiger partial charge in [0.25, 0.3) is 0 Å². The molecule has 0 aromatic carbocycles. The Morgan fingerprint density at radius 2 is 2.20 bits per heavy atom. The highest BCUT2D eigenvalue weighted by molar-refractivity contribution is 7.18. The van der Waals surface area contributed by atoms with E-state index in [4.69, 9.17) is 0 Å². The molecule has 0 N–H and O–H groups in total. The van der Waals surface area contributed by atoms with Crippen molar-refractivity contribution in [2.45, 2.75) is 12.8 Å². The molecule has 0 bridgehead atoms. The Labute approximate surface area is 121 Å². The summed E-state index contributed by atoms with van der Waals surface area (Å²) in [5.41, 5.74) is 3.64. The average molecular weight is 282 g/mol. The van der Waals surface area contributed by atoms with Gasteiger partial charge in [-0.3, -0.25) is 4.98 Å². The van der Waals surface area contributed by atoms with Crippen LogP contribution in [0.4, 0.5) is 5.82 Å². The Morgan fingerprint density at radius 1 is 1.30 bits per heavy atom. The summed E-state index contributed by atoms with van der Waals surface area (Å²) in [6, 6.07) is 4.16. The van der Waals surface area contributed by atoms with Crippen LogP contribution in [-0.4, -0.2) is 28.0 Å². The largest absolute Gasteiger partial charge is 0.354 e. The summed E-state index contributed by atoms with van der Waals surface area (Å²) < 4.78 is 1.20. The number of thiophene rings is 1. The summed E-state index contributed by atoms with van der Waals surface area (Å²) in [5, 5.41) is 2.15. The highest BCUT2D eigenvalue weighted by Gasteiger charge is 2.30. The monoisotopic (exact) mass is 282 g/mol. The van der Waals surface area contributed by atoms with Gasteiger partial charge in [-0.05, 0) is 29.5 Å². The normalized spacial score (nSPS) is 15.6. The molecule has 100 valence electrons. The maximum absolute atomic E-state index is 4.48. The first-order valence-electron chi connectivity index (χ1n) is 6.66. The second-order valence-corrected chi connectivity index (χ2v) is 6.06. The third kappa shape index (κ3) is 1.78. The second kappa shape index (κ2) is 4.52. The molecule has 1 aliphatic rings. The van der Waals surface area contributed by atoms with Gasteiger partial charge in [-0.1, -0.05) is 6.07 Å². The molecule has 0 aliphatic carbocycles. The van der Waals surface area contributed by atoms with Crippen molar-refractivity contribution in [3.05, 3.63) is 47.4 Å². The summed E-state index contributed by atoms with van der Waals surface area (Å²) in [6.07, 6.45) is 5.46. The average Bonchev–Trinajstić information content (AvgIpc) is 2.81. The summed E-state index contributed by atoms with van der Waals surface area (Å²) in [5.74, 6) is 1.64. The van der Waals surface area contributed by atoms with E-state index in [-0.39, 0.29) is 0 Å². The lowest BCUT2D eigenvalue weighted by molar-refractivity contribution is 0.520. The summed E-state index contributed by atoms with van der Waals surface area (Å²) in [7, 11) is 0. The summed E-state index contributed by atoms with van der Waals surface area (Å²) >= 11 is 1.74. The minimum atomic E-state index is 0.565. The molecule has 4 heterocycles. The van der Waals surface area contributed by atoms with Crippen LogP contribution in [0, 0.1) is 6.92 Å². The Morgan fingerprint density at radius 3 is 3.00 bits per heavy atom. The smallest absolute Gasteiger partial charge is 0.150 e. The molecule has 0 spiro atoms. The minimum Gasteiger partial charge on any atom is -0.354 e. The number of hydrogen-bond donors (Lipinski definition) is 0. The minimum absolute atomic E-state index is 0.565. The topological polar surface area (TPSA) is 41.9 Å². The van der Waals surface area contributed by atoms with Crippen LogP contribution in [0.2, 0.25) is 0 Å². The number of rotatable bonds is 2. The zero-order valence-electron chi connectivity index (χ0n) is 11.2. The molecule has 1 aliphatic heterocycles. The van der Waals surface area contributed by atoms with Gasteiger partial charge in [0.1, 0.15) is 12.1 Å². The van der Waals surface area contributed by atoms with E-state index in [1.54, 1.807) is 17.7 Å². The van der Waals surface area contributed by atoms with Gasteiger partial charge in [-0.15, -0.1) is 11.3 Å². The van der Waals surface area contributed by atoms with Crippen molar-refractivity contribution >= 4 is 27.4 Å². The van der Waals surface area contributed by atoms with Gasteiger partial charge in [-0.25, -0.2) is 9.97 Å². The Hall–Kier alpha value is -2.01. The third-order valence-electron chi connectivity index (χ3n) is 3.85. The van der Waals surface area contributed by atoms with Crippen LogP contribution in [0.5, 0.6) is 0 Å². The first-order chi connectivity index (χ1) is 9.83. The number of aromatic nitrogens is 3. The first-order valence-corrected chi connectivity index (χ1v) is 7.54. The number of fused-ring (bicyclic) bond motifs is 1. The summed E-state index contributed by atoms with van der Waals surface area (Å²) in [4.78, 5) is 15.4. The van der Waals surface area contributed by atoms with Gasteiger partial charge >= 0.3 is 0 Å². The van der Waals surface area contributed by atoms with Crippen molar-refractivity contribution < 1.29 is 0 Å². The van der Waals surface area contributed by atoms with E-state index in [1.165, 1.54) is 15.8 Å². The molecule has 4 nitrogen and oxygen atoms in total. The van der Waals surface area contributed by atoms with Crippen LogP contribution in [0.15, 0.2) is 36.2 Å². The molecule has 3 aromatic heterocycles. The molecule has 0 amide bonds. The number of aryl methyl sites for hydroxylation is 1. The van der Waals surface area contributed by atoms with Crippen molar-refractivity contribution in [3.8, 4) is 0 Å². The molecule has 0 atom stereocenters. The van der Waals surface area contributed by atoms with Crippen molar-refractivity contribution in [3.63, 3.8) is 0 Å². The zero-order chi connectivity index (χ0) is 13.5. The lowest BCUT2D eigenvalue weighted by Gasteiger charge is -2.40. The predicted octanol–water partition coefficient (Wildman–Crippen LogP) is 3.00. The van der Waals surface area contributed by atoms with E-state index >= 15 is 0 Å². The molecular formula is C15H14N4S. The maximum atomic E-state index is 4.48. The number of pyridine rings is 1. The van der Waals surface area contributed by atoms with Gasteiger partial charge in [0.2, 0.25) is 0 Å². The van der Waals surface area contributed by atoms with Gasteiger partial charge < -0.3 is 4.90 Å². The molecule has 0 unspecified atom stereocenters. The molecule has 4 rings (SSSR count). The third-order valence-corrected chi connectivity index (χ3v) is 4.93. The molecule has 0 radical (unpaired) electrons. The standard InChI is InChI=1S/C15H14N4S/c1-10-8-20-14-13(10)17-9-18-15(14)19-6-12(7-19)11-3-2-4-16-5-11/h2-5,8-9,12H,6-7H2,1H3. The summed E-state index contributed by atoms with van der Waals surface area (Å²) in [6.45, 7) is 4.12. The van der Waals surface area contributed by atoms with Gasteiger partial charge in [0.05, 0.1) is 10.2 Å². The van der Waals surface area contributed by atoms with Gasteiger partial charge in [0.15, 0.2) is 0 Å². The van der Waals surface area contributed by atoms with Crippen LogP contribution < -0.4 is 4.90 Å². The maximum Gasteiger partial charge on any atom is 0.150 e. The Balaban J connectivity index is 1.61. The molecular weight excluding hydrogens is 268 g/mol. The molecule has 5 heteroatoms. The highest BCUT2D eigenvalue weighted by atomic mass is 32.1. The van der Waals surface area contributed by atoms with E-state index in [9.17, 15) is 0 Å².